The van der Waals surface area contributed by atoms with Crippen LogP contribution in [0.1, 0.15) is 65.6 Å². The Balaban J connectivity index is 2.03. The van der Waals surface area contributed by atoms with Crippen LogP contribution in [0.3, 0.4) is 0 Å². The lowest BCUT2D eigenvalue weighted by Crippen LogP contribution is -2.45. The number of aliphatic hydroxyl groups excluding tert-OH is 1. The van der Waals surface area contributed by atoms with Gasteiger partial charge in [0, 0.05) is 49.2 Å². The normalized spacial score (nSPS) is 17.6. The summed E-state index contributed by atoms with van der Waals surface area (Å²) in [6.45, 7) is 8.18. The molecule has 1 aliphatic heterocycles. The number of piperidine rings is 1. The molecule has 9 nitrogen and oxygen atoms in total. The van der Waals surface area contributed by atoms with Gasteiger partial charge in [-0.25, -0.2) is 14.6 Å². The number of aliphatic hydroxyl groups is 1. The number of carboxylic acid groups (broad SMARTS) is 1. The highest BCUT2D eigenvalue weighted by molar-refractivity contribution is 7.11. The zero-order chi connectivity index (χ0) is 24.3. The predicted octanol–water partition coefficient (Wildman–Crippen LogP) is 3.08. The fourth-order valence-corrected chi connectivity index (χ4v) is 5.31. The Labute approximate surface area is 196 Å². The average Bonchev–Trinajstić information content (AvgIpc) is 3.08. The number of pyridine rings is 1. The minimum Gasteiger partial charge on any atom is -0.478 e. The van der Waals surface area contributed by atoms with Crippen molar-refractivity contribution in [3.63, 3.8) is 0 Å². The molecule has 0 bridgehead atoms. The van der Waals surface area contributed by atoms with Crippen LogP contribution in [-0.2, 0) is 11.2 Å². The van der Waals surface area contributed by atoms with Gasteiger partial charge in [-0.3, -0.25) is 4.79 Å². The van der Waals surface area contributed by atoms with E-state index in [0.29, 0.717) is 24.5 Å². The SMILES string of the molecule is Cc1nc([C@H]([C@@H]2CCCN(C(=O)OC(C)(C)C)C2)n2cc(C(=O)O)ccc2=O)sc1CCO. The number of carboxylic acids is 1. The van der Waals surface area contributed by atoms with Crippen molar-refractivity contribution in [2.24, 2.45) is 5.92 Å². The molecule has 33 heavy (non-hydrogen) atoms. The monoisotopic (exact) mass is 477 g/mol. The van der Waals surface area contributed by atoms with Gasteiger partial charge in [0.2, 0.25) is 0 Å². The summed E-state index contributed by atoms with van der Waals surface area (Å²) in [7, 11) is 0. The van der Waals surface area contributed by atoms with Crippen LogP contribution in [0.4, 0.5) is 4.79 Å². The number of amides is 1. The average molecular weight is 478 g/mol. The standard InChI is InChI=1S/C23H31N3O6S/c1-14-17(9-11-27)33-20(24-14)19(26-13-16(21(29)30)7-8-18(26)28)15-6-5-10-25(12-15)22(31)32-23(2,3)4/h7-8,13,15,19,27H,5-6,9-12H2,1-4H3,(H,29,30)/t15-,19+/m1/s1. The van der Waals surface area contributed by atoms with E-state index in [1.54, 1.807) is 4.90 Å². The van der Waals surface area contributed by atoms with Gasteiger partial charge in [0.1, 0.15) is 10.6 Å². The fourth-order valence-electron chi connectivity index (χ4n) is 4.07. The first-order chi connectivity index (χ1) is 15.5. The van der Waals surface area contributed by atoms with E-state index in [1.807, 2.05) is 27.7 Å². The Morgan fingerprint density at radius 2 is 2.06 bits per heavy atom. The van der Waals surface area contributed by atoms with Gasteiger partial charge in [0.25, 0.3) is 5.56 Å². The lowest BCUT2D eigenvalue weighted by atomic mass is 9.90. The molecule has 2 aromatic heterocycles. The minimum atomic E-state index is -1.13. The highest BCUT2D eigenvalue weighted by atomic mass is 32.1. The van der Waals surface area contributed by atoms with Gasteiger partial charge >= 0.3 is 12.1 Å². The Bertz CT molecular complexity index is 1070. The zero-order valence-corrected chi connectivity index (χ0v) is 20.2. The Hall–Kier alpha value is -2.72. The summed E-state index contributed by atoms with van der Waals surface area (Å²) in [5.41, 5.74) is -0.183. The lowest BCUT2D eigenvalue weighted by molar-refractivity contribution is 0.0143. The molecule has 0 aliphatic carbocycles. The quantitative estimate of drug-likeness (QED) is 0.656. The molecule has 2 aromatic rings. The number of aromatic nitrogens is 2. The van der Waals surface area contributed by atoms with Crippen molar-refractivity contribution in [3.8, 4) is 0 Å². The van der Waals surface area contributed by atoms with E-state index in [2.05, 4.69) is 0 Å². The molecule has 10 heteroatoms. The van der Waals surface area contributed by atoms with Gasteiger partial charge in [-0.05, 0) is 46.6 Å². The molecule has 0 spiro atoms. The molecular formula is C23H31N3O6S. The molecule has 3 rings (SSSR count). The van der Waals surface area contributed by atoms with Gasteiger partial charge in [-0.1, -0.05) is 0 Å². The number of thiazole rings is 1. The van der Waals surface area contributed by atoms with E-state index in [4.69, 9.17) is 9.72 Å². The van der Waals surface area contributed by atoms with Crippen molar-refractivity contribution in [1.82, 2.24) is 14.5 Å². The number of hydrogen-bond donors (Lipinski definition) is 2. The summed E-state index contributed by atoms with van der Waals surface area (Å²) in [4.78, 5) is 44.4. The first-order valence-electron chi connectivity index (χ1n) is 11.0. The van der Waals surface area contributed by atoms with E-state index < -0.39 is 23.7 Å². The maximum Gasteiger partial charge on any atom is 0.410 e. The first-order valence-corrected chi connectivity index (χ1v) is 11.8. The third kappa shape index (κ3) is 6.00. The number of hydrogen-bond acceptors (Lipinski definition) is 7. The molecule has 0 unspecified atom stereocenters. The predicted molar refractivity (Wildman–Crippen MR) is 124 cm³/mol. The largest absolute Gasteiger partial charge is 0.478 e. The van der Waals surface area contributed by atoms with Crippen LogP contribution in [0.2, 0.25) is 0 Å². The fraction of sp³-hybridized carbons (Fsp3) is 0.565. The first kappa shape index (κ1) is 24.9. The van der Waals surface area contributed by atoms with Gasteiger partial charge in [0.15, 0.2) is 0 Å². The second kappa shape index (κ2) is 10.0. The van der Waals surface area contributed by atoms with Gasteiger partial charge in [-0.15, -0.1) is 11.3 Å². The molecular weight excluding hydrogens is 446 g/mol. The summed E-state index contributed by atoms with van der Waals surface area (Å²) < 4.78 is 6.97. The smallest absolute Gasteiger partial charge is 0.410 e. The van der Waals surface area contributed by atoms with Crippen LogP contribution < -0.4 is 5.56 Å². The topological polar surface area (TPSA) is 122 Å². The van der Waals surface area contributed by atoms with Crippen molar-refractivity contribution in [2.75, 3.05) is 19.7 Å². The number of likely N-dealkylation sites (tertiary alicyclic amines) is 1. The van der Waals surface area contributed by atoms with E-state index >= 15 is 0 Å². The highest BCUT2D eigenvalue weighted by Crippen LogP contribution is 2.36. The van der Waals surface area contributed by atoms with Crippen molar-refractivity contribution >= 4 is 23.4 Å². The van der Waals surface area contributed by atoms with Gasteiger partial charge < -0.3 is 24.4 Å². The molecule has 0 aromatic carbocycles. The Morgan fingerprint density at radius 1 is 1.33 bits per heavy atom. The summed E-state index contributed by atoms with van der Waals surface area (Å²) in [6, 6.07) is 1.99. The Kier molecular flexibility index (Phi) is 7.58. The molecule has 3 heterocycles. The maximum absolute atomic E-state index is 12.9. The van der Waals surface area contributed by atoms with Crippen LogP contribution in [0, 0.1) is 12.8 Å². The number of ether oxygens (including phenoxy) is 1. The number of carbonyl (C=O) groups is 2. The second-order valence-corrected chi connectivity index (χ2v) is 10.4. The number of nitrogens with zero attached hydrogens (tertiary/aromatic N) is 3. The van der Waals surface area contributed by atoms with Crippen molar-refractivity contribution in [2.45, 2.75) is 58.6 Å². The van der Waals surface area contributed by atoms with Crippen LogP contribution in [0.5, 0.6) is 0 Å². The second-order valence-electron chi connectivity index (χ2n) is 9.28. The number of rotatable bonds is 6. The molecule has 1 fully saturated rings. The third-order valence-corrected chi connectivity index (χ3v) is 6.83. The summed E-state index contributed by atoms with van der Waals surface area (Å²) in [6.07, 6.45) is 2.86. The number of carbonyl (C=O) groups excluding carboxylic acids is 1. The van der Waals surface area contributed by atoms with E-state index in [0.717, 1.165) is 23.4 Å². The number of aryl methyl sites for hydroxylation is 1. The van der Waals surface area contributed by atoms with Crippen LogP contribution in [0.15, 0.2) is 23.1 Å². The van der Waals surface area contributed by atoms with Gasteiger partial charge in [-0.2, -0.15) is 0 Å². The van der Waals surface area contributed by atoms with Crippen LogP contribution in [0.25, 0.3) is 0 Å². The van der Waals surface area contributed by atoms with Crippen LogP contribution in [-0.4, -0.2) is 62.0 Å². The van der Waals surface area contributed by atoms with Gasteiger partial charge in [0.05, 0.1) is 17.3 Å². The molecule has 1 saturated heterocycles. The van der Waals surface area contributed by atoms with Crippen LogP contribution >= 0.6 is 11.3 Å². The molecule has 1 aliphatic rings. The Morgan fingerprint density at radius 3 is 2.70 bits per heavy atom. The van der Waals surface area contributed by atoms with Crippen molar-refractivity contribution in [3.05, 3.63) is 49.8 Å². The molecule has 2 atom stereocenters. The minimum absolute atomic E-state index is 0.00303. The molecule has 0 saturated carbocycles. The molecule has 1 amide bonds. The summed E-state index contributed by atoms with van der Waals surface area (Å²) in [5, 5.41) is 19.5. The summed E-state index contributed by atoms with van der Waals surface area (Å²) in [5.74, 6) is -1.29. The maximum atomic E-state index is 12.9. The van der Waals surface area contributed by atoms with Crippen molar-refractivity contribution < 1.29 is 24.5 Å². The van der Waals surface area contributed by atoms with E-state index in [-0.39, 0.29) is 23.6 Å². The van der Waals surface area contributed by atoms with E-state index in [1.165, 1.54) is 34.2 Å². The number of aromatic carboxylic acids is 1. The third-order valence-electron chi connectivity index (χ3n) is 5.54. The zero-order valence-electron chi connectivity index (χ0n) is 19.4. The van der Waals surface area contributed by atoms with Crippen molar-refractivity contribution in [1.29, 1.82) is 0 Å². The van der Waals surface area contributed by atoms with E-state index in [9.17, 15) is 24.6 Å². The summed E-state index contributed by atoms with van der Waals surface area (Å²) >= 11 is 1.41. The molecule has 0 radical (unpaired) electrons. The molecule has 2 N–H and O–H groups in total. The highest BCUT2D eigenvalue weighted by Gasteiger charge is 2.35. The molecule has 180 valence electrons. The lowest BCUT2D eigenvalue weighted by Gasteiger charge is -2.37.